The molecule has 2 aromatic heterocycles. The van der Waals surface area contributed by atoms with Crippen molar-refractivity contribution in [1.82, 2.24) is 14.6 Å². The molecule has 0 fully saturated rings. The van der Waals surface area contributed by atoms with Crippen LogP contribution in [0.4, 0.5) is 0 Å². The highest BCUT2D eigenvalue weighted by molar-refractivity contribution is 7.15. The second-order valence-corrected chi connectivity index (χ2v) is 7.94. The topological polar surface area (TPSA) is 75.0 Å². The largest absolute Gasteiger partial charge is 0.494 e. The number of rotatable bonds is 9. The first-order chi connectivity index (χ1) is 15.6. The number of benzene rings is 2. The maximum Gasteiger partial charge on any atom is 0.291 e. The van der Waals surface area contributed by atoms with Crippen molar-refractivity contribution in [2.75, 3.05) is 20.3 Å². The fourth-order valence-corrected chi connectivity index (χ4v) is 3.98. The summed E-state index contributed by atoms with van der Waals surface area (Å²) < 4.78 is 18.5. The van der Waals surface area contributed by atoms with Gasteiger partial charge in [0.15, 0.2) is 17.3 Å². The first kappa shape index (κ1) is 21.6. The maximum atomic E-state index is 12.9. The SMILES string of the molecule is C=CCOc1ccc(/C=c2\sc3nc(-c4ccc(OCCC)cc4)nn3c2=O)cc1OC. The van der Waals surface area contributed by atoms with E-state index < -0.39 is 0 Å². The average molecular weight is 450 g/mol. The third kappa shape index (κ3) is 4.50. The van der Waals surface area contributed by atoms with E-state index in [0.29, 0.717) is 40.0 Å². The molecule has 0 aliphatic heterocycles. The van der Waals surface area contributed by atoms with Gasteiger partial charge in [-0.15, -0.1) is 5.10 Å². The monoisotopic (exact) mass is 449 g/mol. The van der Waals surface area contributed by atoms with Gasteiger partial charge in [0, 0.05) is 5.56 Å². The van der Waals surface area contributed by atoms with Crippen LogP contribution in [0.5, 0.6) is 17.2 Å². The minimum absolute atomic E-state index is 0.211. The molecule has 0 N–H and O–H groups in total. The van der Waals surface area contributed by atoms with E-state index in [1.165, 1.54) is 15.9 Å². The van der Waals surface area contributed by atoms with E-state index in [1.54, 1.807) is 19.3 Å². The lowest BCUT2D eigenvalue weighted by Crippen LogP contribution is -2.23. The van der Waals surface area contributed by atoms with E-state index in [-0.39, 0.29) is 5.56 Å². The number of ether oxygens (including phenoxy) is 3. The second-order valence-electron chi connectivity index (χ2n) is 6.93. The Morgan fingerprint density at radius 1 is 1.12 bits per heavy atom. The maximum absolute atomic E-state index is 12.9. The zero-order valence-corrected chi connectivity index (χ0v) is 18.7. The smallest absolute Gasteiger partial charge is 0.291 e. The summed E-state index contributed by atoms with van der Waals surface area (Å²) in [6, 6.07) is 13.0. The zero-order valence-electron chi connectivity index (χ0n) is 17.9. The van der Waals surface area contributed by atoms with Gasteiger partial charge < -0.3 is 14.2 Å². The van der Waals surface area contributed by atoms with Crippen molar-refractivity contribution >= 4 is 22.4 Å². The Bertz CT molecular complexity index is 1340. The highest BCUT2D eigenvalue weighted by atomic mass is 32.1. The third-order valence-electron chi connectivity index (χ3n) is 4.61. The lowest BCUT2D eigenvalue weighted by atomic mass is 10.2. The standard InChI is InChI=1S/C24H23N3O4S/c1-4-12-30-18-9-7-17(8-10-18)22-25-24-27(26-22)23(28)21(32-24)15-16-6-11-19(31-13-5-2)20(14-16)29-3/h5-11,14-15H,2,4,12-13H2,1,3H3/b21-15-. The van der Waals surface area contributed by atoms with Crippen molar-refractivity contribution in [2.24, 2.45) is 0 Å². The van der Waals surface area contributed by atoms with Gasteiger partial charge in [-0.3, -0.25) is 4.79 Å². The molecular weight excluding hydrogens is 426 g/mol. The van der Waals surface area contributed by atoms with Crippen LogP contribution >= 0.6 is 11.3 Å². The first-order valence-corrected chi connectivity index (χ1v) is 11.0. The molecule has 0 saturated heterocycles. The predicted molar refractivity (Wildman–Crippen MR) is 126 cm³/mol. The molecular formula is C24H23N3O4S. The second kappa shape index (κ2) is 9.65. The van der Waals surface area contributed by atoms with Crippen LogP contribution in [0.2, 0.25) is 0 Å². The molecule has 0 saturated carbocycles. The summed E-state index contributed by atoms with van der Waals surface area (Å²) in [7, 11) is 1.58. The van der Waals surface area contributed by atoms with Crippen molar-refractivity contribution in [3.05, 3.63) is 75.6 Å². The summed E-state index contributed by atoms with van der Waals surface area (Å²) >= 11 is 1.29. The van der Waals surface area contributed by atoms with Gasteiger partial charge in [0.1, 0.15) is 12.4 Å². The molecule has 0 bridgehead atoms. The number of fused-ring (bicyclic) bond motifs is 1. The van der Waals surface area contributed by atoms with Gasteiger partial charge in [-0.2, -0.15) is 9.50 Å². The molecule has 0 radical (unpaired) electrons. The van der Waals surface area contributed by atoms with E-state index in [1.807, 2.05) is 42.5 Å². The van der Waals surface area contributed by atoms with E-state index in [9.17, 15) is 4.79 Å². The molecule has 0 aliphatic carbocycles. The Labute approximate surface area is 189 Å². The lowest BCUT2D eigenvalue weighted by molar-refractivity contribution is 0.317. The average Bonchev–Trinajstić information content (AvgIpc) is 3.36. The fraction of sp³-hybridized carbons (Fsp3) is 0.208. The van der Waals surface area contributed by atoms with Crippen LogP contribution in [-0.2, 0) is 0 Å². The minimum atomic E-state index is -0.211. The van der Waals surface area contributed by atoms with E-state index in [2.05, 4.69) is 23.6 Å². The fourth-order valence-electron chi connectivity index (χ4n) is 3.07. The third-order valence-corrected chi connectivity index (χ3v) is 5.57. The zero-order chi connectivity index (χ0) is 22.5. The number of hydrogen-bond acceptors (Lipinski definition) is 7. The Morgan fingerprint density at radius 2 is 1.94 bits per heavy atom. The van der Waals surface area contributed by atoms with E-state index >= 15 is 0 Å². The molecule has 4 rings (SSSR count). The first-order valence-electron chi connectivity index (χ1n) is 10.2. The van der Waals surface area contributed by atoms with Crippen molar-refractivity contribution in [3.63, 3.8) is 0 Å². The molecule has 0 unspecified atom stereocenters. The number of aromatic nitrogens is 3. The Hall–Kier alpha value is -3.65. The van der Waals surface area contributed by atoms with Crippen LogP contribution in [-0.4, -0.2) is 34.9 Å². The van der Waals surface area contributed by atoms with Gasteiger partial charge in [0.25, 0.3) is 5.56 Å². The van der Waals surface area contributed by atoms with Crippen LogP contribution in [0.15, 0.2) is 59.9 Å². The van der Waals surface area contributed by atoms with Crippen LogP contribution in [0.1, 0.15) is 18.9 Å². The lowest BCUT2D eigenvalue weighted by Gasteiger charge is -2.09. The summed E-state index contributed by atoms with van der Waals surface area (Å²) in [5, 5.41) is 4.41. The van der Waals surface area contributed by atoms with Crippen molar-refractivity contribution in [2.45, 2.75) is 13.3 Å². The summed E-state index contributed by atoms with van der Waals surface area (Å²) in [6.07, 6.45) is 4.41. The molecule has 32 heavy (non-hydrogen) atoms. The molecule has 2 aromatic carbocycles. The van der Waals surface area contributed by atoms with Crippen LogP contribution in [0, 0.1) is 0 Å². The molecule has 0 atom stereocenters. The van der Waals surface area contributed by atoms with Crippen molar-refractivity contribution in [1.29, 1.82) is 0 Å². The molecule has 8 heteroatoms. The van der Waals surface area contributed by atoms with Gasteiger partial charge in [-0.05, 0) is 54.5 Å². The molecule has 4 aromatic rings. The molecule has 0 spiro atoms. The normalized spacial score (nSPS) is 11.6. The Balaban J connectivity index is 1.62. The van der Waals surface area contributed by atoms with E-state index in [4.69, 9.17) is 14.2 Å². The molecule has 0 aliphatic rings. The summed E-state index contributed by atoms with van der Waals surface area (Å²) in [5.41, 5.74) is 1.43. The summed E-state index contributed by atoms with van der Waals surface area (Å²) in [6.45, 7) is 6.76. The van der Waals surface area contributed by atoms with Gasteiger partial charge in [-0.1, -0.05) is 37.0 Å². The molecule has 7 nitrogen and oxygen atoms in total. The summed E-state index contributed by atoms with van der Waals surface area (Å²) in [5.74, 6) is 2.51. The van der Waals surface area contributed by atoms with Gasteiger partial charge in [0.05, 0.1) is 18.2 Å². The van der Waals surface area contributed by atoms with Gasteiger partial charge in [-0.25, -0.2) is 0 Å². The summed E-state index contributed by atoms with van der Waals surface area (Å²) in [4.78, 5) is 17.9. The van der Waals surface area contributed by atoms with Crippen LogP contribution in [0.25, 0.3) is 22.4 Å². The number of thiazole rings is 1. The van der Waals surface area contributed by atoms with Crippen molar-refractivity contribution in [3.8, 4) is 28.6 Å². The highest BCUT2D eigenvalue weighted by Gasteiger charge is 2.12. The van der Waals surface area contributed by atoms with E-state index in [0.717, 1.165) is 23.3 Å². The van der Waals surface area contributed by atoms with Crippen LogP contribution < -0.4 is 24.3 Å². The highest BCUT2D eigenvalue weighted by Crippen LogP contribution is 2.28. The quantitative estimate of drug-likeness (QED) is 0.363. The van der Waals surface area contributed by atoms with Gasteiger partial charge in [0.2, 0.25) is 4.96 Å². The number of methoxy groups -OCH3 is 1. The molecule has 2 heterocycles. The minimum Gasteiger partial charge on any atom is -0.494 e. The Morgan fingerprint density at radius 3 is 2.62 bits per heavy atom. The van der Waals surface area contributed by atoms with Gasteiger partial charge >= 0.3 is 0 Å². The molecule has 0 amide bonds. The van der Waals surface area contributed by atoms with Crippen molar-refractivity contribution < 1.29 is 14.2 Å². The number of nitrogens with zero attached hydrogens (tertiary/aromatic N) is 3. The molecule has 164 valence electrons. The predicted octanol–water partition coefficient (Wildman–Crippen LogP) is 3.73. The Kier molecular flexibility index (Phi) is 6.51. The van der Waals surface area contributed by atoms with Crippen LogP contribution in [0.3, 0.4) is 0 Å². The number of hydrogen-bond donors (Lipinski definition) is 0.